The van der Waals surface area contributed by atoms with Crippen LogP contribution in [0.25, 0.3) is 16.8 Å². The Morgan fingerprint density at radius 1 is 1.02 bits per heavy atom. The summed E-state index contributed by atoms with van der Waals surface area (Å²) in [6.07, 6.45) is 1.24. The minimum atomic E-state index is -4.49. The van der Waals surface area contributed by atoms with E-state index in [0.29, 0.717) is 34.9 Å². The second-order valence-electron chi connectivity index (χ2n) is 11.0. The van der Waals surface area contributed by atoms with Crippen LogP contribution in [0.5, 0.6) is 11.5 Å². The molecule has 1 fully saturated rings. The molecule has 3 atom stereocenters. The van der Waals surface area contributed by atoms with Gasteiger partial charge in [-0.05, 0) is 48.7 Å². The molecule has 0 spiro atoms. The first-order valence-corrected chi connectivity index (χ1v) is 14.4. The van der Waals surface area contributed by atoms with Gasteiger partial charge in [-0.1, -0.05) is 43.7 Å². The Morgan fingerprint density at radius 2 is 1.80 bits per heavy atom. The van der Waals surface area contributed by atoms with Crippen LogP contribution in [0.1, 0.15) is 48.2 Å². The molecule has 6 rings (SSSR count). The predicted octanol–water partition coefficient (Wildman–Crippen LogP) is 6.62. The predicted molar refractivity (Wildman–Crippen MR) is 158 cm³/mol. The largest absolute Gasteiger partial charge is 0.457 e. The number of likely N-dealkylation sites (tertiary alicyclic amines) is 1. The van der Waals surface area contributed by atoms with Gasteiger partial charge in [0.05, 0.1) is 17.6 Å². The van der Waals surface area contributed by atoms with Gasteiger partial charge in [-0.2, -0.15) is 13.2 Å². The number of nitrogens with one attached hydrogen (secondary N) is 1. The van der Waals surface area contributed by atoms with E-state index < -0.39 is 24.7 Å². The highest BCUT2D eigenvalue weighted by Crippen LogP contribution is 2.36. The van der Waals surface area contributed by atoms with Crippen LogP contribution in [0.15, 0.2) is 79.3 Å². The van der Waals surface area contributed by atoms with Crippen LogP contribution in [-0.2, 0) is 0 Å². The average molecular weight is 605 g/mol. The van der Waals surface area contributed by atoms with E-state index in [1.807, 2.05) is 84.2 Å². The lowest BCUT2D eigenvalue weighted by atomic mass is 9.91. The molecule has 0 radical (unpaired) electrons. The number of halogens is 3. The molecule has 5 aromatic rings. The summed E-state index contributed by atoms with van der Waals surface area (Å²) in [5.74, 6) is 0.489. The number of urea groups is 1. The highest BCUT2D eigenvalue weighted by molar-refractivity contribution is 5.93. The Morgan fingerprint density at radius 3 is 2.55 bits per heavy atom. The zero-order chi connectivity index (χ0) is 31.0. The van der Waals surface area contributed by atoms with Gasteiger partial charge in [-0.25, -0.2) is 14.8 Å². The molecular weight excluding hydrogens is 573 g/mol. The molecule has 1 unspecified atom stereocenters. The standard InChI is InChI=1S/C32H31F3N6O3/c1-3-21-17-39(31(43)38-19-32(33,34)35)18-25(21)27-15-36-28-16-37-29-26(41(27)28)12-13-40(29)30(42)20(2)22-8-7-11-24(14-22)44-23-9-5-4-6-10-23/h4-16,20-21,25H,3,17-19H2,1-2H3,(H,38,43)/t20?,21-,25+/m1/s1. The fraction of sp³-hybridized carbons (Fsp3) is 0.312. The molecule has 2 aromatic carbocycles. The number of para-hydroxylation sites is 1. The van der Waals surface area contributed by atoms with Crippen molar-refractivity contribution in [2.45, 2.75) is 38.3 Å². The SMILES string of the molecule is CC[C@@H]1CN(C(=O)NCC(F)(F)F)C[C@@H]1c1cnc2cnc3c(ccn3C(=O)C(C)c3cccc(Oc4ccccc4)c3)n12. The lowest BCUT2D eigenvalue weighted by Gasteiger charge is -2.18. The third-order valence-corrected chi connectivity index (χ3v) is 8.22. The van der Waals surface area contributed by atoms with Crippen LogP contribution in [0.3, 0.4) is 0 Å². The second kappa shape index (κ2) is 11.7. The maximum atomic E-state index is 13.8. The van der Waals surface area contributed by atoms with E-state index in [1.165, 1.54) is 9.47 Å². The molecule has 0 saturated carbocycles. The van der Waals surface area contributed by atoms with Gasteiger partial charge in [0.15, 0.2) is 11.3 Å². The average Bonchev–Trinajstić information content (AvgIpc) is 3.75. The third-order valence-electron chi connectivity index (χ3n) is 8.22. The molecular formula is C32H31F3N6O3. The zero-order valence-electron chi connectivity index (χ0n) is 24.2. The first-order chi connectivity index (χ1) is 21.1. The number of nitrogens with zero attached hydrogens (tertiary/aromatic N) is 5. The number of rotatable bonds is 7. The quantitative estimate of drug-likeness (QED) is 0.226. The van der Waals surface area contributed by atoms with Crippen molar-refractivity contribution >= 4 is 28.7 Å². The van der Waals surface area contributed by atoms with E-state index in [1.54, 1.807) is 18.6 Å². The van der Waals surface area contributed by atoms with Crippen molar-refractivity contribution in [1.29, 1.82) is 0 Å². The van der Waals surface area contributed by atoms with Crippen LogP contribution >= 0.6 is 0 Å². The van der Waals surface area contributed by atoms with Crippen molar-refractivity contribution in [2.75, 3.05) is 19.6 Å². The number of fused-ring (bicyclic) bond motifs is 3. The number of aromatic nitrogens is 4. The number of hydrogen-bond acceptors (Lipinski definition) is 5. The Kier molecular flexibility index (Phi) is 7.74. The second-order valence-corrected chi connectivity index (χ2v) is 11.0. The van der Waals surface area contributed by atoms with Gasteiger partial charge in [-0.15, -0.1) is 0 Å². The molecule has 228 valence electrons. The maximum absolute atomic E-state index is 13.8. The van der Waals surface area contributed by atoms with E-state index >= 15 is 0 Å². The van der Waals surface area contributed by atoms with Gasteiger partial charge >= 0.3 is 12.2 Å². The van der Waals surface area contributed by atoms with E-state index in [-0.39, 0.29) is 24.3 Å². The number of alkyl halides is 3. The van der Waals surface area contributed by atoms with Crippen molar-refractivity contribution in [1.82, 2.24) is 29.2 Å². The number of imidazole rings is 1. The van der Waals surface area contributed by atoms with Crippen molar-refractivity contribution in [3.63, 3.8) is 0 Å². The van der Waals surface area contributed by atoms with E-state index in [0.717, 1.165) is 17.7 Å². The summed E-state index contributed by atoms with van der Waals surface area (Å²) in [5, 5.41) is 1.98. The summed E-state index contributed by atoms with van der Waals surface area (Å²) < 4.78 is 47.5. The molecule has 1 N–H and O–H groups in total. The topological polar surface area (TPSA) is 93.8 Å². The number of hydrogen-bond donors (Lipinski definition) is 1. The monoisotopic (exact) mass is 604 g/mol. The number of carbonyl (C=O) groups excluding carboxylic acids is 2. The van der Waals surface area contributed by atoms with Gasteiger partial charge < -0.3 is 15.0 Å². The Balaban J connectivity index is 1.27. The number of benzene rings is 2. The van der Waals surface area contributed by atoms with E-state index in [2.05, 4.69) is 9.97 Å². The molecule has 3 aromatic heterocycles. The lowest BCUT2D eigenvalue weighted by Crippen LogP contribution is -2.42. The summed E-state index contributed by atoms with van der Waals surface area (Å²) >= 11 is 0. The van der Waals surface area contributed by atoms with Crippen LogP contribution in [0, 0.1) is 5.92 Å². The zero-order valence-corrected chi connectivity index (χ0v) is 24.2. The lowest BCUT2D eigenvalue weighted by molar-refractivity contribution is -0.123. The minimum Gasteiger partial charge on any atom is -0.457 e. The van der Waals surface area contributed by atoms with Crippen molar-refractivity contribution < 1.29 is 27.5 Å². The summed E-state index contributed by atoms with van der Waals surface area (Å²) in [7, 11) is 0. The summed E-state index contributed by atoms with van der Waals surface area (Å²) in [4.78, 5) is 36.8. The van der Waals surface area contributed by atoms with Gasteiger partial charge in [0, 0.05) is 37.1 Å². The van der Waals surface area contributed by atoms with Crippen LogP contribution in [0.4, 0.5) is 18.0 Å². The molecule has 1 saturated heterocycles. The minimum absolute atomic E-state index is 0.0175. The Labute approximate surface area is 251 Å². The third kappa shape index (κ3) is 5.71. The molecule has 0 aliphatic carbocycles. The summed E-state index contributed by atoms with van der Waals surface area (Å²) in [5.41, 5.74) is 3.30. The van der Waals surface area contributed by atoms with Crippen molar-refractivity contribution in [3.05, 3.63) is 90.5 Å². The number of ether oxygens (including phenoxy) is 1. The van der Waals surface area contributed by atoms with Crippen molar-refractivity contribution in [2.24, 2.45) is 5.92 Å². The summed E-state index contributed by atoms with van der Waals surface area (Å²) in [6.45, 7) is 3.02. The van der Waals surface area contributed by atoms with Gasteiger partial charge in [-0.3, -0.25) is 13.8 Å². The fourth-order valence-corrected chi connectivity index (χ4v) is 5.91. The highest BCUT2D eigenvalue weighted by Gasteiger charge is 2.38. The fourth-order valence-electron chi connectivity index (χ4n) is 5.91. The molecule has 1 aliphatic heterocycles. The highest BCUT2D eigenvalue weighted by atomic mass is 19.4. The molecule has 44 heavy (non-hydrogen) atoms. The number of amides is 2. The van der Waals surface area contributed by atoms with E-state index in [4.69, 9.17) is 4.74 Å². The first kappa shape index (κ1) is 29.2. The smallest absolute Gasteiger partial charge is 0.405 e. The molecule has 9 nitrogen and oxygen atoms in total. The summed E-state index contributed by atoms with van der Waals surface area (Å²) in [6, 6.07) is 17.9. The van der Waals surface area contributed by atoms with Crippen LogP contribution in [-0.4, -0.2) is 61.6 Å². The van der Waals surface area contributed by atoms with Crippen LogP contribution < -0.4 is 10.1 Å². The van der Waals surface area contributed by atoms with Crippen molar-refractivity contribution in [3.8, 4) is 11.5 Å². The van der Waals surface area contributed by atoms with Gasteiger partial charge in [0.2, 0.25) is 5.91 Å². The molecule has 0 bridgehead atoms. The van der Waals surface area contributed by atoms with Gasteiger partial charge in [0.1, 0.15) is 18.0 Å². The van der Waals surface area contributed by atoms with E-state index in [9.17, 15) is 22.8 Å². The Bertz CT molecular complexity index is 1820. The normalized spacial score (nSPS) is 17.7. The first-order valence-electron chi connectivity index (χ1n) is 14.4. The van der Waals surface area contributed by atoms with Gasteiger partial charge in [0.25, 0.3) is 0 Å². The molecule has 1 aliphatic rings. The molecule has 2 amide bonds. The number of carbonyl (C=O) groups is 2. The molecule has 4 heterocycles. The molecule has 12 heteroatoms. The Hall–Kier alpha value is -4.87. The maximum Gasteiger partial charge on any atom is 0.405 e. The van der Waals surface area contributed by atoms with Crippen LogP contribution in [0.2, 0.25) is 0 Å².